The van der Waals surface area contributed by atoms with Crippen molar-refractivity contribution in [2.75, 3.05) is 11.9 Å². The van der Waals surface area contributed by atoms with Crippen LogP contribution in [0.25, 0.3) is 0 Å². The molecule has 2 N–H and O–H groups in total. The molecule has 0 unspecified atom stereocenters. The van der Waals surface area contributed by atoms with E-state index in [1.165, 1.54) is 5.56 Å². The van der Waals surface area contributed by atoms with Crippen LogP contribution in [0.3, 0.4) is 0 Å². The van der Waals surface area contributed by atoms with Gasteiger partial charge in [0.2, 0.25) is 0 Å². The van der Waals surface area contributed by atoms with E-state index in [9.17, 15) is 0 Å². The summed E-state index contributed by atoms with van der Waals surface area (Å²) in [6, 6.07) is 10.3. The maximum Gasteiger partial charge on any atom is 0.170 e. The standard InChI is InChI=1S/C16H22N4S/c1-4-10-17-16(21)18-15-12(2)19-20(13(15)3)11-14-8-6-5-7-9-14/h5-9H,4,10-11H2,1-3H3,(H2,17,18,21). The molecule has 21 heavy (non-hydrogen) atoms. The zero-order valence-corrected chi connectivity index (χ0v) is 13.6. The van der Waals surface area contributed by atoms with E-state index in [1.54, 1.807) is 0 Å². The summed E-state index contributed by atoms with van der Waals surface area (Å²) in [6.45, 7) is 7.82. The fourth-order valence-electron chi connectivity index (χ4n) is 2.18. The van der Waals surface area contributed by atoms with Gasteiger partial charge in [-0.25, -0.2) is 0 Å². The molecule has 5 heteroatoms. The molecular weight excluding hydrogens is 280 g/mol. The monoisotopic (exact) mass is 302 g/mol. The Morgan fingerprint density at radius 2 is 1.95 bits per heavy atom. The summed E-state index contributed by atoms with van der Waals surface area (Å²) in [5, 5.41) is 11.7. The summed E-state index contributed by atoms with van der Waals surface area (Å²) in [5.41, 5.74) is 4.29. The van der Waals surface area contributed by atoms with E-state index in [4.69, 9.17) is 12.2 Å². The van der Waals surface area contributed by atoms with Crippen molar-refractivity contribution in [3.8, 4) is 0 Å². The Bertz CT molecular complexity index is 604. The summed E-state index contributed by atoms with van der Waals surface area (Å²) in [7, 11) is 0. The molecule has 1 aromatic carbocycles. The fraction of sp³-hybridized carbons (Fsp3) is 0.375. The van der Waals surface area contributed by atoms with Crippen molar-refractivity contribution in [2.45, 2.75) is 33.7 Å². The van der Waals surface area contributed by atoms with Crippen molar-refractivity contribution in [1.82, 2.24) is 15.1 Å². The van der Waals surface area contributed by atoms with Gasteiger partial charge in [-0.3, -0.25) is 4.68 Å². The molecule has 0 aliphatic carbocycles. The van der Waals surface area contributed by atoms with Crippen LogP contribution >= 0.6 is 12.2 Å². The third-order valence-corrected chi connectivity index (χ3v) is 3.58. The number of rotatable bonds is 5. The van der Waals surface area contributed by atoms with Crippen LogP contribution < -0.4 is 10.6 Å². The first-order valence-electron chi connectivity index (χ1n) is 7.24. The predicted octanol–water partition coefficient (Wildman–Crippen LogP) is 3.24. The van der Waals surface area contributed by atoms with E-state index in [2.05, 4.69) is 41.7 Å². The Kier molecular flexibility index (Phi) is 5.33. The highest BCUT2D eigenvalue weighted by atomic mass is 32.1. The Hall–Kier alpha value is -1.88. The maximum absolute atomic E-state index is 5.30. The van der Waals surface area contributed by atoms with Gasteiger partial charge in [0, 0.05) is 6.54 Å². The van der Waals surface area contributed by atoms with E-state index in [0.29, 0.717) is 5.11 Å². The Morgan fingerprint density at radius 3 is 2.62 bits per heavy atom. The number of nitrogens with zero attached hydrogens (tertiary/aromatic N) is 2. The second-order valence-corrected chi connectivity index (χ2v) is 5.48. The number of aromatic nitrogens is 2. The molecule has 2 rings (SSSR count). The van der Waals surface area contributed by atoms with Crippen molar-refractivity contribution in [1.29, 1.82) is 0 Å². The number of benzene rings is 1. The van der Waals surface area contributed by atoms with Crippen LogP contribution in [0, 0.1) is 13.8 Å². The average molecular weight is 302 g/mol. The van der Waals surface area contributed by atoms with Gasteiger partial charge < -0.3 is 10.6 Å². The lowest BCUT2D eigenvalue weighted by Crippen LogP contribution is -2.29. The van der Waals surface area contributed by atoms with Gasteiger partial charge in [0.25, 0.3) is 0 Å². The lowest BCUT2D eigenvalue weighted by Gasteiger charge is -2.10. The largest absolute Gasteiger partial charge is 0.362 e. The highest BCUT2D eigenvalue weighted by Crippen LogP contribution is 2.20. The summed E-state index contributed by atoms with van der Waals surface area (Å²) < 4.78 is 2.01. The number of nitrogens with one attached hydrogen (secondary N) is 2. The smallest absolute Gasteiger partial charge is 0.170 e. The molecule has 0 aliphatic heterocycles. The minimum absolute atomic E-state index is 0.655. The molecule has 0 fully saturated rings. The van der Waals surface area contributed by atoms with Crippen LogP contribution in [0.1, 0.15) is 30.3 Å². The van der Waals surface area contributed by atoms with Crippen LogP contribution in [-0.4, -0.2) is 21.4 Å². The van der Waals surface area contributed by atoms with Gasteiger partial charge in [0.05, 0.1) is 23.6 Å². The molecule has 1 aromatic heterocycles. The minimum atomic E-state index is 0.655. The highest BCUT2D eigenvalue weighted by molar-refractivity contribution is 7.80. The Balaban J connectivity index is 2.12. The van der Waals surface area contributed by atoms with Gasteiger partial charge >= 0.3 is 0 Å². The lowest BCUT2D eigenvalue weighted by atomic mass is 10.2. The van der Waals surface area contributed by atoms with Crippen molar-refractivity contribution in [2.24, 2.45) is 0 Å². The zero-order chi connectivity index (χ0) is 15.2. The van der Waals surface area contributed by atoms with E-state index < -0.39 is 0 Å². The third kappa shape index (κ3) is 4.04. The number of hydrogen-bond donors (Lipinski definition) is 2. The lowest BCUT2D eigenvalue weighted by molar-refractivity contribution is 0.659. The topological polar surface area (TPSA) is 41.9 Å². The second-order valence-electron chi connectivity index (χ2n) is 5.07. The van der Waals surface area contributed by atoms with E-state index in [1.807, 2.05) is 29.8 Å². The summed E-state index contributed by atoms with van der Waals surface area (Å²) in [6.07, 6.45) is 1.05. The second kappa shape index (κ2) is 7.22. The fourth-order valence-corrected chi connectivity index (χ4v) is 2.39. The van der Waals surface area contributed by atoms with Crippen molar-refractivity contribution in [3.05, 3.63) is 47.3 Å². The molecular formula is C16H22N4S. The van der Waals surface area contributed by atoms with Crippen LogP contribution in [-0.2, 0) is 6.54 Å². The SMILES string of the molecule is CCCNC(=S)Nc1c(C)nn(Cc2ccccc2)c1C. The van der Waals surface area contributed by atoms with Crippen LogP contribution in [0.5, 0.6) is 0 Å². The molecule has 0 saturated carbocycles. The highest BCUT2D eigenvalue weighted by Gasteiger charge is 2.12. The molecule has 2 aromatic rings. The third-order valence-electron chi connectivity index (χ3n) is 3.33. The van der Waals surface area contributed by atoms with Gasteiger partial charge in [0.15, 0.2) is 5.11 Å². The molecule has 0 aliphatic rings. The summed E-state index contributed by atoms with van der Waals surface area (Å²) in [4.78, 5) is 0. The number of aryl methyl sites for hydroxylation is 1. The van der Waals surface area contributed by atoms with Crippen molar-refractivity contribution < 1.29 is 0 Å². The first-order valence-corrected chi connectivity index (χ1v) is 7.65. The summed E-state index contributed by atoms with van der Waals surface area (Å²) >= 11 is 5.30. The molecule has 0 radical (unpaired) electrons. The zero-order valence-electron chi connectivity index (χ0n) is 12.8. The maximum atomic E-state index is 5.30. The van der Waals surface area contributed by atoms with Crippen molar-refractivity contribution in [3.63, 3.8) is 0 Å². The van der Waals surface area contributed by atoms with Crippen molar-refractivity contribution >= 4 is 23.0 Å². The molecule has 0 bridgehead atoms. The number of hydrogen-bond acceptors (Lipinski definition) is 2. The molecule has 0 amide bonds. The normalized spacial score (nSPS) is 10.4. The first kappa shape index (κ1) is 15.5. The van der Waals surface area contributed by atoms with Crippen LogP contribution in [0.4, 0.5) is 5.69 Å². The van der Waals surface area contributed by atoms with E-state index in [0.717, 1.165) is 36.6 Å². The molecule has 0 spiro atoms. The quantitative estimate of drug-likeness (QED) is 0.832. The average Bonchev–Trinajstić information content (AvgIpc) is 2.74. The molecule has 0 saturated heterocycles. The van der Waals surface area contributed by atoms with Gasteiger partial charge in [-0.1, -0.05) is 37.3 Å². The van der Waals surface area contributed by atoms with Gasteiger partial charge in [-0.05, 0) is 38.0 Å². The Labute approximate surface area is 131 Å². The van der Waals surface area contributed by atoms with E-state index >= 15 is 0 Å². The summed E-state index contributed by atoms with van der Waals surface area (Å²) in [5.74, 6) is 0. The van der Waals surface area contributed by atoms with E-state index in [-0.39, 0.29) is 0 Å². The molecule has 4 nitrogen and oxygen atoms in total. The molecule has 112 valence electrons. The van der Waals surface area contributed by atoms with Gasteiger partial charge in [0.1, 0.15) is 0 Å². The Morgan fingerprint density at radius 1 is 1.24 bits per heavy atom. The number of anilines is 1. The van der Waals surface area contributed by atoms with Gasteiger partial charge in [-0.15, -0.1) is 0 Å². The minimum Gasteiger partial charge on any atom is -0.362 e. The predicted molar refractivity (Wildman–Crippen MR) is 91.8 cm³/mol. The number of thiocarbonyl (C=S) groups is 1. The van der Waals surface area contributed by atoms with Crippen LogP contribution in [0.2, 0.25) is 0 Å². The van der Waals surface area contributed by atoms with Crippen LogP contribution in [0.15, 0.2) is 30.3 Å². The molecule has 1 heterocycles. The molecule has 0 atom stereocenters. The van der Waals surface area contributed by atoms with Gasteiger partial charge in [-0.2, -0.15) is 5.10 Å². The first-order chi connectivity index (χ1) is 10.1.